The molecule has 0 unspecified atom stereocenters. The van der Waals surface area contributed by atoms with Gasteiger partial charge in [0.1, 0.15) is 5.01 Å². The molecule has 1 N–H and O–H groups in total. The van der Waals surface area contributed by atoms with Crippen molar-refractivity contribution in [2.24, 2.45) is 4.99 Å². The van der Waals surface area contributed by atoms with Gasteiger partial charge >= 0.3 is 0 Å². The van der Waals surface area contributed by atoms with Crippen LogP contribution in [0.1, 0.15) is 24.8 Å². The van der Waals surface area contributed by atoms with Gasteiger partial charge in [0.25, 0.3) is 0 Å². The van der Waals surface area contributed by atoms with Crippen LogP contribution in [-0.2, 0) is 6.54 Å². The number of guanidine groups is 1. The summed E-state index contributed by atoms with van der Waals surface area (Å²) in [5.41, 5.74) is 2.21. The van der Waals surface area contributed by atoms with Gasteiger partial charge in [0, 0.05) is 30.6 Å². The maximum absolute atomic E-state index is 4.75. The summed E-state index contributed by atoms with van der Waals surface area (Å²) >= 11 is 1.68. The fraction of sp³-hybridized carbons (Fsp3) is 0.412. The zero-order valence-electron chi connectivity index (χ0n) is 13.0. The van der Waals surface area contributed by atoms with Crippen molar-refractivity contribution in [3.63, 3.8) is 0 Å². The van der Waals surface area contributed by atoms with Crippen LogP contribution in [0, 0.1) is 0 Å². The van der Waals surface area contributed by atoms with Gasteiger partial charge in [-0.25, -0.2) is 9.98 Å². The molecule has 116 valence electrons. The lowest BCUT2D eigenvalue weighted by atomic mass is 10.2. The highest BCUT2D eigenvalue weighted by molar-refractivity contribution is 7.09. The average molecular weight is 314 g/mol. The summed E-state index contributed by atoms with van der Waals surface area (Å²) in [5.74, 6) is 1.02. The van der Waals surface area contributed by atoms with E-state index in [1.807, 2.05) is 18.2 Å². The second-order valence-corrected chi connectivity index (χ2v) is 6.30. The smallest absolute Gasteiger partial charge is 0.194 e. The molecule has 0 radical (unpaired) electrons. The Morgan fingerprint density at radius 3 is 2.77 bits per heavy atom. The molecule has 0 atom stereocenters. The van der Waals surface area contributed by atoms with Crippen LogP contribution in [0.4, 0.5) is 0 Å². The van der Waals surface area contributed by atoms with Crippen LogP contribution in [0.3, 0.4) is 0 Å². The van der Waals surface area contributed by atoms with Crippen molar-refractivity contribution >= 4 is 17.3 Å². The molecule has 1 aromatic heterocycles. The second kappa shape index (κ2) is 7.40. The molecule has 1 aliphatic rings. The minimum atomic E-state index is 0.649. The molecule has 0 amide bonds. The van der Waals surface area contributed by atoms with Gasteiger partial charge in [-0.2, -0.15) is 0 Å². The molecule has 0 saturated carbocycles. The highest BCUT2D eigenvalue weighted by Crippen LogP contribution is 2.22. The Morgan fingerprint density at radius 2 is 2.05 bits per heavy atom. The maximum Gasteiger partial charge on any atom is 0.194 e. The molecule has 2 aromatic rings. The van der Waals surface area contributed by atoms with E-state index in [4.69, 9.17) is 9.98 Å². The topological polar surface area (TPSA) is 40.5 Å². The first-order valence-electron chi connectivity index (χ1n) is 7.90. The molecule has 5 heteroatoms. The van der Waals surface area contributed by atoms with E-state index in [1.165, 1.54) is 18.4 Å². The minimum Gasteiger partial charge on any atom is -0.357 e. The fourth-order valence-corrected chi connectivity index (χ4v) is 3.35. The largest absolute Gasteiger partial charge is 0.357 e. The molecule has 0 bridgehead atoms. The van der Waals surface area contributed by atoms with Crippen molar-refractivity contribution < 1.29 is 0 Å². The second-order valence-electron chi connectivity index (χ2n) is 5.36. The monoisotopic (exact) mass is 314 g/mol. The van der Waals surface area contributed by atoms with Gasteiger partial charge in [0.2, 0.25) is 0 Å². The molecule has 3 rings (SSSR count). The minimum absolute atomic E-state index is 0.649. The lowest BCUT2D eigenvalue weighted by Gasteiger charge is -2.20. The van der Waals surface area contributed by atoms with E-state index >= 15 is 0 Å². The Balaban J connectivity index is 1.69. The summed E-state index contributed by atoms with van der Waals surface area (Å²) in [5, 5.41) is 6.56. The van der Waals surface area contributed by atoms with Crippen molar-refractivity contribution in [3.8, 4) is 11.3 Å². The van der Waals surface area contributed by atoms with Crippen LogP contribution in [0.15, 0.2) is 40.7 Å². The summed E-state index contributed by atoms with van der Waals surface area (Å²) < 4.78 is 0. The first kappa shape index (κ1) is 15.0. The third kappa shape index (κ3) is 3.65. The lowest BCUT2D eigenvalue weighted by molar-refractivity contribution is 0.493. The number of aromatic nitrogens is 1. The Hall–Kier alpha value is -1.88. The third-order valence-corrected chi connectivity index (χ3v) is 4.56. The van der Waals surface area contributed by atoms with E-state index in [1.54, 1.807) is 11.3 Å². The predicted molar refractivity (Wildman–Crippen MR) is 93.2 cm³/mol. The van der Waals surface area contributed by atoms with Gasteiger partial charge in [-0.1, -0.05) is 30.3 Å². The third-order valence-electron chi connectivity index (χ3n) is 3.73. The number of hydrogen-bond donors (Lipinski definition) is 1. The highest BCUT2D eigenvalue weighted by atomic mass is 32.1. The van der Waals surface area contributed by atoms with E-state index in [9.17, 15) is 0 Å². The SMILES string of the molecule is CCNC(=NCc1nc(-c2ccccc2)cs1)N1CCCC1. The molecule has 22 heavy (non-hydrogen) atoms. The zero-order chi connectivity index (χ0) is 15.2. The van der Waals surface area contributed by atoms with Crippen molar-refractivity contribution in [2.45, 2.75) is 26.3 Å². The molecular formula is C17H22N4S. The van der Waals surface area contributed by atoms with Crippen LogP contribution < -0.4 is 5.32 Å². The summed E-state index contributed by atoms with van der Waals surface area (Å²) in [4.78, 5) is 11.8. The summed E-state index contributed by atoms with van der Waals surface area (Å²) in [6.45, 7) is 5.89. The van der Waals surface area contributed by atoms with E-state index in [-0.39, 0.29) is 0 Å². The molecule has 1 saturated heterocycles. The zero-order valence-corrected chi connectivity index (χ0v) is 13.8. The highest BCUT2D eigenvalue weighted by Gasteiger charge is 2.15. The Kier molecular flexibility index (Phi) is 5.06. The molecule has 4 nitrogen and oxygen atoms in total. The normalized spacial score (nSPS) is 15.3. The Labute approximate surface area is 135 Å². The van der Waals surface area contributed by atoms with E-state index < -0.39 is 0 Å². The number of hydrogen-bond acceptors (Lipinski definition) is 3. The molecule has 0 aliphatic carbocycles. The first-order valence-corrected chi connectivity index (χ1v) is 8.78. The standard InChI is InChI=1S/C17H22N4S/c1-2-18-17(21-10-6-7-11-21)19-12-16-20-15(13-22-16)14-8-4-3-5-9-14/h3-5,8-9,13H,2,6-7,10-12H2,1H3,(H,18,19). The molecule has 1 aliphatic heterocycles. The van der Waals surface area contributed by atoms with Crippen molar-refractivity contribution in [2.75, 3.05) is 19.6 Å². The molecule has 1 aromatic carbocycles. The summed E-state index contributed by atoms with van der Waals surface area (Å²) in [6.07, 6.45) is 2.53. The quantitative estimate of drug-likeness (QED) is 0.695. The lowest BCUT2D eigenvalue weighted by Crippen LogP contribution is -2.39. The van der Waals surface area contributed by atoms with Crippen molar-refractivity contribution in [1.29, 1.82) is 0 Å². The maximum atomic E-state index is 4.75. The van der Waals surface area contributed by atoms with Gasteiger partial charge < -0.3 is 10.2 Å². The number of nitrogens with one attached hydrogen (secondary N) is 1. The number of rotatable bonds is 4. The number of thiazole rings is 1. The number of nitrogens with zero attached hydrogens (tertiary/aromatic N) is 3. The van der Waals surface area contributed by atoms with Crippen LogP contribution in [-0.4, -0.2) is 35.5 Å². The number of aliphatic imine (C=N–C) groups is 1. The predicted octanol–water partition coefficient (Wildman–Crippen LogP) is 3.37. The molecular weight excluding hydrogens is 292 g/mol. The average Bonchev–Trinajstić information content (AvgIpc) is 3.24. The van der Waals surface area contributed by atoms with Crippen LogP contribution >= 0.6 is 11.3 Å². The van der Waals surface area contributed by atoms with Crippen LogP contribution in [0.5, 0.6) is 0 Å². The first-order chi connectivity index (χ1) is 10.9. The van der Waals surface area contributed by atoms with Crippen molar-refractivity contribution in [3.05, 3.63) is 40.7 Å². The van der Waals surface area contributed by atoms with E-state index in [0.717, 1.165) is 36.3 Å². The van der Waals surface area contributed by atoms with Gasteiger partial charge in [0.05, 0.1) is 12.2 Å². The number of benzene rings is 1. The van der Waals surface area contributed by atoms with Crippen molar-refractivity contribution in [1.82, 2.24) is 15.2 Å². The number of likely N-dealkylation sites (tertiary alicyclic amines) is 1. The molecule has 0 spiro atoms. The van der Waals surface area contributed by atoms with Gasteiger partial charge in [-0.3, -0.25) is 0 Å². The summed E-state index contributed by atoms with van der Waals surface area (Å²) in [6, 6.07) is 10.3. The Morgan fingerprint density at radius 1 is 1.27 bits per heavy atom. The van der Waals surface area contributed by atoms with E-state index in [0.29, 0.717) is 6.54 Å². The van der Waals surface area contributed by atoms with Gasteiger partial charge in [-0.15, -0.1) is 11.3 Å². The van der Waals surface area contributed by atoms with Crippen LogP contribution in [0.2, 0.25) is 0 Å². The summed E-state index contributed by atoms with van der Waals surface area (Å²) in [7, 11) is 0. The molecule has 2 heterocycles. The molecule has 1 fully saturated rings. The van der Waals surface area contributed by atoms with E-state index in [2.05, 4.69) is 34.7 Å². The van der Waals surface area contributed by atoms with Gasteiger partial charge in [0.15, 0.2) is 5.96 Å². The Bertz CT molecular complexity index is 615. The fourth-order valence-electron chi connectivity index (χ4n) is 2.62. The van der Waals surface area contributed by atoms with Crippen LogP contribution in [0.25, 0.3) is 11.3 Å². The van der Waals surface area contributed by atoms with Gasteiger partial charge in [-0.05, 0) is 19.8 Å².